The molecule has 0 aromatic carbocycles. The molecule has 0 aliphatic carbocycles. The largest absolute Gasteiger partial charge is 0.433 e. The Balaban J connectivity index is 1.48. The lowest BCUT2D eigenvalue weighted by atomic mass is 10.1. The van der Waals surface area contributed by atoms with Crippen LogP contribution in [0.25, 0.3) is 10.6 Å². The molecule has 4 rings (SSSR count). The third-order valence-corrected chi connectivity index (χ3v) is 6.11. The molecule has 0 spiro atoms. The number of imide groups is 1. The molecule has 0 saturated heterocycles. The molecule has 0 radical (unpaired) electrons. The lowest BCUT2D eigenvalue weighted by Crippen LogP contribution is -2.32. The van der Waals surface area contributed by atoms with Crippen LogP contribution in [0.1, 0.15) is 33.5 Å². The van der Waals surface area contributed by atoms with Crippen molar-refractivity contribution in [2.24, 2.45) is 0 Å². The summed E-state index contributed by atoms with van der Waals surface area (Å²) in [6.07, 6.45) is -1.95. The molecule has 204 valence electrons. The Morgan fingerprint density at radius 1 is 1.23 bits per heavy atom. The summed E-state index contributed by atoms with van der Waals surface area (Å²) in [6, 6.07) is 1.32. The van der Waals surface area contributed by atoms with E-state index < -0.39 is 23.7 Å². The third-order valence-electron chi connectivity index (χ3n) is 5.22. The Kier molecular flexibility index (Phi) is 7.70. The van der Waals surface area contributed by atoms with Gasteiger partial charge in [0.15, 0.2) is 17.3 Å². The number of amides is 3. The Morgan fingerprint density at radius 2 is 2.00 bits per heavy atom. The Bertz CT molecular complexity index is 1530. The summed E-state index contributed by atoms with van der Waals surface area (Å²) in [7, 11) is 1.52. The van der Waals surface area contributed by atoms with E-state index in [1.54, 1.807) is 6.92 Å². The Labute approximate surface area is 222 Å². The first-order chi connectivity index (χ1) is 18.5. The molecule has 0 aliphatic heterocycles. The number of imidazole rings is 1. The maximum atomic E-state index is 13.1. The summed E-state index contributed by atoms with van der Waals surface area (Å²) in [4.78, 5) is 54.2. The number of aromatic nitrogens is 6. The Morgan fingerprint density at radius 3 is 2.62 bits per heavy atom. The fourth-order valence-corrected chi connectivity index (χ4v) is 4.28. The molecule has 4 aromatic rings. The van der Waals surface area contributed by atoms with E-state index in [1.807, 2.05) is 0 Å². The molecule has 17 heteroatoms. The molecule has 3 amide bonds. The number of carbonyl (C=O) groups excluding carboxylic acids is 3. The van der Waals surface area contributed by atoms with E-state index in [9.17, 15) is 27.6 Å². The maximum absolute atomic E-state index is 13.1. The van der Waals surface area contributed by atoms with Gasteiger partial charge in [0.1, 0.15) is 29.6 Å². The topological polar surface area (TPSA) is 161 Å². The fraction of sp³-hybridized carbons (Fsp3) is 0.273. The molecule has 2 N–H and O–H groups in total. The number of rotatable bonds is 9. The van der Waals surface area contributed by atoms with E-state index in [1.165, 1.54) is 36.3 Å². The van der Waals surface area contributed by atoms with Crippen LogP contribution in [0, 0.1) is 13.8 Å². The first kappa shape index (κ1) is 27.4. The van der Waals surface area contributed by atoms with Gasteiger partial charge in [-0.05, 0) is 25.5 Å². The van der Waals surface area contributed by atoms with Gasteiger partial charge in [-0.15, -0.1) is 11.3 Å². The quantitative estimate of drug-likeness (QED) is 0.290. The van der Waals surface area contributed by atoms with Crippen LogP contribution >= 0.6 is 11.3 Å². The van der Waals surface area contributed by atoms with Crippen LogP contribution in [-0.2, 0) is 28.9 Å². The monoisotopic (exact) mass is 563 g/mol. The van der Waals surface area contributed by atoms with E-state index >= 15 is 0 Å². The summed E-state index contributed by atoms with van der Waals surface area (Å²) >= 11 is 1.10. The number of anilines is 2. The van der Waals surface area contributed by atoms with Crippen molar-refractivity contribution < 1.29 is 32.1 Å². The molecule has 4 heterocycles. The summed E-state index contributed by atoms with van der Waals surface area (Å²) < 4.78 is 45.2. The van der Waals surface area contributed by atoms with Crippen LogP contribution < -0.4 is 10.6 Å². The maximum Gasteiger partial charge on any atom is 0.433 e. The first-order valence-corrected chi connectivity index (χ1v) is 12.0. The lowest BCUT2D eigenvalue weighted by molar-refractivity contribution is -0.141. The second-order valence-electron chi connectivity index (χ2n) is 8.07. The zero-order valence-corrected chi connectivity index (χ0v) is 21.4. The van der Waals surface area contributed by atoms with Gasteiger partial charge in [-0.1, -0.05) is 5.16 Å². The summed E-state index contributed by atoms with van der Waals surface area (Å²) in [5.41, 5.74) is -0.751. The number of nitrogens with zero attached hydrogens (tertiary/aromatic N) is 7. The van der Waals surface area contributed by atoms with Gasteiger partial charge in [0.2, 0.25) is 18.2 Å². The van der Waals surface area contributed by atoms with Crippen LogP contribution in [0.5, 0.6) is 0 Å². The summed E-state index contributed by atoms with van der Waals surface area (Å²) in [6.45, 7) is 2.23. The van der Waals surface area contributed by atoms with Gasteiger partial charge < -0.3 is 19.7 Å². The van der Waals surface area contributed by atoms with Crippen molar-refractivity contribution in [1.29, 1.82) is 0 Å². The molecule has 4 aromatic heterocycles. The van der Waals surface area contributed by atoms with Crippen molar-refractivity contribution in [3.05, 3.63) is 52.6 Å². The SMILES string of the molecule is CNc1ncn(CC(=O)Nc2csc(-c3cnc(C(F)(F)F)c(C)c3)n2)c1C(=O)N(C=O)Cc1nc(C)no1. The highest BCUT2D eigenvalue weighted by atomic mass is 32.1. The third kappa shape index (κ3) is 6.08. The van der Waals surface area contributed by atoms with Crippen molar-refractivity contribution in [3.8, 4) is 10.6 Å². The van der Waals surface area contributed by atoms with E-state index in [2.05, 4.69) is 35.7 Å². The standard InChI is InChI=1S/C22H20F3N9O4S/c1-11-4-13(5-27-18(11)22(23,24)25)20-31-14(8-39-20)30-15(36)6-33-9-28-19(26-3)17(33)21(37)34(10-35)7-16-29-12(2)32-38-16/h4-5,8-10,26H,6-7H2,1-3H3,(H,30,36). The minimum Gasteiger partial charge on any atom is -0.371 e. The molecule has 0 bridgehead atoms. The van der Waals surface area contributed by atoms with Crippen LogP contribution in [0.15, 0.2) is 28.5 Å². The number of nitrogens with one attached hydrogen (secondary N) is 2. The predicted molar refractivity (Wildman–Crippen MR) is 130 cm³/mol. The second-order valence-corrected chi connectivity index (χ2v) is 8.92. The minimum atomic E-state index is -4.57. The zero-order chi connectivity index (χ0) is 28.3. The Hall–Kier alpha value is -4.67. The molecule has 0 atom stereocenters. The van der Waals surface area contributed by atoms with Gasteiger partial charge in [-0.25, -0.2) is 9.97 Å². The van der Waals surface area contributed by atoms with Crippen LogP contribution in [-0.4, -0.2) is 59.8 Å². The number of thiazole rings is 1. The highest BCUT2D eigenvalue weighted by Gasteiger charge is 2.34. The number of aryl methyl sites for hydroxylation is 2. The second kappa shape index (κ2) is 11.0. The molecule has 0 unspecified atom stereocenters. The van der Waals surface area contributed by atoms with Gasteiger partial charge in [0, 0.05) is 24.2 Å². The van der Waals surface area contributed by atoms with E-state index in [-0.39, 0.29) is 41.9 Å². The number of alkyl halides is 3. The fourth-order valence-electron chi connectivity index (χ4n) is 3.54. The van der Waals surface area contributed by atoms with E-state index in [0.29, 0.717) is 22.8 Å². The van der Waals surface area contributed by atoms with Gasteiger partial charge >= 0.3 is 6.18 Å². The molecule has 39 heavy (non-hydrogen) atoms. The normalized spacial score (nSPS) is 11.3. The van der Waals surface area contributed by atoms with Crippen molar-refractivity contribution in [3.63, 3.8) is 0 Å². The highest BCUT2D eigenvalue weighted by molar-refractivity contribution is 7.13. The van der Waals surface area contributed by atoms with Gasteiger partial charge in [0.05, 0.1) is 6.33 Å². The number of hydrogen-bond acceptors (Lipinski definition) is 11. The van der Waals surface area contributed by atoms with E-state index in [4.69, 9.17) is 4.52 Å². The highest BCUT2D eigenvalue weighted by Crippen LogP contribution is 2.33. The van der Waals surface area contributed by atoms with Gasteiger partial charge in [-0.2, -0.15) is 18.2 Å². The molecule has 0 saturated carbocycles. The lowest BCUT2D eigenvalue weighted by Gasteiger charge is -2.15. The smallest absolute Gasteiger partial charge is 0.371 e. The molecule has 0 aliphatic rings. The average molecular weight is 564 g/mol. The number of hydrogen-bond donors (Lipinski definition) is 2. The summed E-state index contributed by atoms with van der Waals surface area (Å²) in [5, 5.41) is 10.8. The molecular formula is C22H20F3N9O4S. The minimum absolute atomic E-state index is 0.0422. The van der Waals surface area contributed by atoms with Crippen LogP contribution in [0.3, 0.4) is 0 Å². The van der Waals surface area contributed by atoms with Crippen LogP contribution in [0.2, 0.25) is 0 Å². The number of pyridine rings is 1. The van der Waals surface area contributed by atoms with Crippen molar-refractivity contribution >= 4 is 41.2 Å². The van der Waals surface area contributed by atoms with Crippen molar-refractivity contribution in [1.82, 2.24) is 34.6 Å². The molecule has 0 fully saturated rings. The first-order valence-electron chi connectivity index (χ1n) is 11.1. The van der Waals surface area contributed by atoms with E-state index in [0.717, 1.165) is 22.4 Å². The number of halogens is 3. The molecule has 13 nitrogen and oxygen atoms in total. The number of carbonyl (C=O) groups is 3. The predicted octanol–water partition coefficient (Wildman–Crippen LogP) is 2.90. The van der Waals surface area contributed by atoms with Crippen molar-refractivity contribution in [2.45, 2.75) is 33.1 Å². The average Bonchev–Trinajstić information content (AvgIpc) is 3.61. The summed E-state index contributed by atoms with van der Waals surface area (Å²) in [5.74, 6) is -0.691. The van der Waals surface area contributed by atoms with Crippen LogP contribution in [0.4, 0.5) is 24.8 Å². The van der Waals surface area contributed by atoms with Gasteiger partial charge in [-0.3, -0.25) is 24.3 Å². The molecular weight excluding hydrogens is 543 g/mol. The van der Waals surface area contributed by atoms with Gasteiger partial charge in [0.25, 0.3) is 5.91 Å². The van der Waals surface area contributed by atoms with Crippen molar-refractivity contribution in [2.75, 3.05) is 17.7 Å². The zero-order valence-electron chi connectivity index (χ0n) is 20.6.